The number of rotatable bonds is 5. The van der Waals surface area contributed by atoms with Gasteiger partial charge in [0, 0.05) is 24.7 Å². The monoisotopic (exact) mass is 273 g/mol. The summed E-state index contributed by atoms with van der Waals surface area (Å²) in [4.78, 5) is 9.10. The first kappa shape index (κ1) is 12.9. The zero-order chi connectivity index (χ0) is 14.1. The number of nitrogens with one attached hydrogen (secondary N) is 2. The predicted molar refractivity (Wildman–Crippen MR) is 77.1 cm³/mol. The van der Waals surface area contributed by atoms with E-state index < -0.39 is 0 Å². The molecule has 0 spiro atoms. The molecule has 0 amide bonds. The van der Waals surface area contributed by atoms with Crippen molar-refractivity contribution in [3.63, 3.8) is 0 Å². The molecule has 0 aliphatic heterocycles. The van der Waals surface area contributed by atoms with Crippen LogP contribution in [0.2, 0.25) is 0 Å². The lowest BCUT2D eigenvalue weighted by molar-refractivity contribution is 0.719. The van der Waals surface area contributed by atoms with E-state index in [1.54, 1.807) is 6.20 Å². The van der Waals surface area contributed by atoms with Crippen LogP contribution in [0.1, 0.15) is 35.8 Å². The van der Waals surface area contributed by atoms with E-state index in [0.29, 0.717) is 18.3 Å². The fourth-order valence-corrected chi connectivity index (χ4v) is 2.12. The van der Waals surface area contributed by atoms with Gasteiger partial charge in [-0.3, -0.25) is 4.68 Å². The zero-order valence-electron chi connectivity index (χ0n) is 11.7. The van der Waals surface area contributed by atoms with Crippen molar-refractivity contribution in [1.29, 1.82) is 0 Å². The number of hydrazine groups is 1. The normalized spacial score (nSPS) is 14.3. The molecule has 2 heterocycles. The van der Waals surface area contributed by atoms with Crippen molar-refractivity contribution in [3.8, 4) is 0 Å². The van der Waals surface area contributed by atoms with Crippen LogP contribution >= 0.6 is 0 Å². The molecule has 2 aromatic rings. The number of hydrogen-bond acceptors (Lipinski definition) is 6. The van der Waals surface area contributed by atoms with Gasteiger partial charge in [0.2, 0.25) is 0 Å². The Labute approximate surface area is 117 Å². The van der Waals surface area contributed by atoms with Crippen molar-refractivity contribution >= 4 is 11.6 Å². The first-order valence-corrected chi connectivity index (χ1v) is 6.75. The maximum absolute atomic E-state index is 5.54. The van der Waals surface area contributed by atoms with Crippen LogP contribution in [0.15, 0.2) is 12.3 Å². The Morgan fingerprint density at radius 3 is 2.70 bits per heavy atom. The molecule has 1 fully saturated rings. The highest BCUT2D eigenvalue weighted by molar-refractivity contribution is 5.57. The van der Waals surface area contributed by atoms with E-state index in [0.717, 1.165) is 35.7 Å². The largest absolute Gasteiger partial charge is 0.364 e. The van der Waals surface area contributed by atoms with Gasteiger partial charge in [0.1, 0.15) is 17.5 Å². The Hall–Kier alpha value is -2.15. The Bertz CT molecular complexity index is 615. The highest BCUT2D eigenvalue weighted by Gasteiger charge is 2.28. The second-order valence-corrected chi connectivity index (χ2v) is 5.12. The molecule has 0 radical (unpaired) electrons. The standard InChI is InChI=1S/C13H19N7/c1-8-11(15-7-10-5-6-16-20(10)2)17-13(9-3-4-9)18-12(8)19-14/h5-6,9H,3-4,7,14H2,1-2H3,(H2,15,17,18,19). The van der Waals surface area contributed by atoms with Gasteiger partial charge >= 0.3 is 0 Å². The van der Waals surface area contributed by atoms with E-state index >= 15 is 0 Å². The Morgan fingerprint density at radius 1 is 1.35 bits per heavy atom. The summed E-state index contributed by atoms with van der Waals surface area (Å²) in [5.41, 5.74) is 4.68. The van der Waals surface area contributed by atoms with Gasteiger partial charge in [-0.05, 0) is 25.8 Å². The smallest absolute Gasteiger partial charge is 0.148 e. The van der Waals surface area contributed by atoms with E-state index in [-0.39, 0.29) is 0 Å². The van der Waals surface area contributed by atoms with Gasteiger partial charge in [-0.2, -0.15) is 5.10 Å². The summed E-state index contributed by atoms with van der Waals surface area (Å²) >= 11 is 0. The highest BCUT2D eigenvalue weighted by Crippen LogP contribution is 2.39. The molecule has 7 nitrogen and oxygen atoms in total. The Kier molecular flexibility index (Phi) is 3.27. The topological polar surface area (TPSA) is 93.7 Å². The van der Waals surface area contributed by atoms with Gasteiger partial charge in [0.25, 0.3) is 0 Å². The minimum Gasteiger partial charge on any atom is -0.364 e. The van der Waals surface area contributed by atoms with Crippen LogP contribution in [-0.4, -0.2) is 19.7 Å². The van der Waals surface area contributed by atoms with Crippen molar-refractivity contribution in [3.05, 3.63) is 29.3 Å². The van der Waals surface area contributed by atoms with Gasteiger partial charge in [-0.15, -0.1) is 0 Å². The molecule has 4 N–H and O–H groups in total. The molecule has 0 saturated heterocycles. The second-order valence-electron chi connectivity index (χ2n) is 5.12. The number of nitrogens with zero attached hydrogens (tertiary/aromatic N) is 4. The van der Waals surface area contributed by atoms with Crippen molar-refractivity contribution < 1.29 is 0 Å². The maximum Gasteiger partial charge on any atom is 0.148 e. The summed E-state index contributed by atoms with van der Waals surface area (Å²) < 4.78 is 1.84. The highest BCUT2D eigenvalue weighted by atomic mass is 15.3. The van der Waals surface area contributed by atoms with Crippen LogP contribution in [0.5, 0.6) is 0 Å². The zero-order valence-corrected chi connectivity index (χ0v) is 11.7. The fraction of sp³-hybridized carbons (Fsp3) is 0.462. The number of aromatic nitrogens is 4. The third-order valence-corrected chi connectivity index (χ3v) is 3.60. The van der Waals surface area contributed by atoms with E-state index in [4.69, 9.17) is 5.84 Å². The van der Waals surface area contributed by atoms with E-state index in [1.165, 1.54) is 0 Å². The molecule has 106 valence electrons. The third kappa shape index (κ3) is 2.44. The average molecular weight is 273 g/mol. The summed E-state index contributed by atoms with van der Waals surface area (Å²) in [5.74, 6) is 8.42. The van der Waals surface area contributed by atoms with Crippen LogP contribution < -0.4 is 16.6 Å². The van der Waals surface area contributed by atoms with Crippen molar-refractivity contribution in [2.24, 2.45) is 12.9 Å². The van der Waals surface area contributed by atoms with Gasteiger partial charge in [-0.25, -0.2) is 15.8 Å². The molecule has 1 saturated carbocycles. The average Bonchev–Trinajstić information content (AvgIpc) is 3.21. The molecule has 0 bridgehead atoms. The second kappa shape index (κ2) is 5.09. The molecule has 0 atom stereocenters. The molecule has 20 heavy (non-hydrogen) atoms. The first-order chi connectivity index (χ1) is 9.69. The number of aryl methyl sites for hydroxylation is 1. The molecular weight excluding hydrogens is 254 g/mol. The number of hydrogen-bond donors (Lipinski definition) is 3. The summed E-state index contributed by atoms with van der Waals surface area (Å²) in [6.07, 6.45) is 4.11. The molecule has 0 aromatic carbocycles. The quantitative estimate of drug-likeness (QED) is 0.561. The first-order valence-electron chi connectivity index (χ1n) is 6.75. The number of nitrogens with two attached hydrogens (primary N) is 1. The van der Waals surface area contributed by atoms with Crippen LogP contribution in [0.3, 0.4) is 0 Å². The van der Waals surface area contributed by atoms with Crippen LogP contribution in [-0.2, 0) is 13.6 Å². The van der Waals surface area contributed by atoms with E-state index in [9.17, 15) is 0 Å². The predicted octanol–water partition coefficient (Wildman–Crippen LogP) is 1.29. The molecule has 1 aliphatic carbocycles. The lowest BCUT2D eigenvalue weighted by atomic mass is 10.2. The summed E-state index contributed by atoms with van der Waals surface area (Å²) in [7, 11) is 1.92. The van der Waals surface area contributed by atoms with Crippen LogP contribution in [0.4, 0.5) is 11.6 Å². The van der Waals surface area contributed by atoms with Crippen molar-refractivity contribution in [2.45, 2.75) is 32.2 Å². The Balaban J connectivity index is 1.84. The third-order valence-electron chi connectivity index (χ3n) is 3.60. The van der Waals surface area contributed by atoms with Gasteiger partial charge in [0.15, 0.2) is 0 Å². The molecule has 1 aliphatic rings. The maximum atomic E-state index is 5.54. The minimum absolute atomic E-state index is 0.486. The number of anilines is 2. The Morgan fingerprint density at radius 2 is 2.10 bits per heavy atom. The van der Waals surface area contributed by atoms with E-state index in [1.807, 2.05) is 24.7 Å². The molecule has 2 aromatic heterocycles. The summed E-state index contributed by atoms with van der Waals surface area (Å²) in [5, 5.41) is 7.50. The minimum atomic E-state index is 0.486. The number of nitrogen functional groups attached to an aromatic ring is 1. The summed E-state index contributed by atoms with van der Waals surface area (Å²) in [6, 6.07) is 1.98. The van der Waals surface area contributed by atoms with Crippen LogP contribution in [0.25, 0.3) is 0 Å². The van der Waals surface area contributed by atoms with Gasteiger partial charge in [0.05, 0.1) is 12.2 Å². The van der Waals surface area contributed by atoms with E-state index in [2.05, 4.69) is 25.8 Å². The van der Waals surface area contributed by atoms with Crippen LogP contribution in [0, 0.1) is 6.92 Å². The van der Waals surface area contributed by atoms with Crippen molar-refractivity contribution in [2.75, 3.05) is 10.7 Å². The SMILES string of the molecule is Cc1c(NN)nc(C2CC2)nc1NCc1ccnn1C. The lowest BCUT2D eigenvalue weighted by Crippen LogP contribution is -2.15. The lowest BCUT2D eigenvalue weighted by Gasteiger charge is -2.13. The molecule has 3 rings (SSSR count). The fourth-order valence-electron chi connectivity index (χ4n) is 2.12. The van der Waals surface area contributed by atoms with Gasteiger partial charge < -0.3 is 10.7 Å². The summed E-state index contributed by atoms with van der Waals surface area (Å²) in [6.45, 7) is 2.62. The van der Waals surface area contributed by atoms with Gasteiger partial charge in [-0.1, -0.05) is 0 Å². The van der Waals surface area contributed by atoms with Crippen molar-refractivity contribution in [1.82, 2.24) is 19.7 Å². The molecule has 0 unspecified atom stereocenters. The molecular formula is C13H19N7. The molecule has 7 heteroatoms.